The van der Waals surface area contributed by atoms with Crippen LogP contribution in [0, 0.1) is 11.3 Å². The van der Waals surface area contributed by atoms with E-state index in [1.54, 1.807) is 50.6 Å². The Morgan fingerprint density at radius 3 is 2.73 bits per heavy atom. The number of ether oxygens (including phenoxy) is 1. The lowest BCUT2D eigenvalue weighted by atomic mass is 10.1. The number of carbonyl (C=O) groups is 3. The zero-order chi connectivity index (χ0) is 26.6. The summed E-state index contributed by atoms with van der Waals surface area (Å²) in [6.07, 6.45) is 7.48. The van der Waals surface area contributed by atoms with Crippen molar-refractivity contribution in [3.05, 3.63) is 65.2 Å². The molecule has 3 rings (SSSR count). The molecular weight excluding hydrogens is 494 g/mol. The monoisotopic (exact) mass is 523 g/mol. The predicted molar refractivity (Wildman–Crippen MR) is 138 cm³/mol. The van der Waals surface area contributed by atoms with Crippen molar-refractivity contribution >= 4 is 34.4 Å². The maximum absolute atomic E-state index is 13.2. The predicted octanol–water partition coefficient (Wildman–Crippen LogP) is 3.09. The second-order valence-electron chi connectivity index (χ2n) is 8.17. The number of rotatable bonds is 12. The van der Waals surface area contributed by atoms with Crippen LogP contribution in [0.25, 0.3) is 0 Å². The lowest BCUT2D eigenvalue weighted by Gasteiger charge is -2.23. The highest BCUT2D eigenvalue weighted by Gasteiger charge is 2.23. The van der Waals surface area contributed by atoms with Crippen LogP contribution in [-0.4, -0.2) is 51.6 Å². The number of hydrogen-bond acceptors (Lipinski definition) is 8. The van der Waals surface area contributed by atoms with E-state index in [1.165, 1.54) is 11.1 Å². The molecule has 2 aromatic heterocycles. The highest BCUT2D eigenvalue weighted by Crippen LogP contribution is 2.25. The molecule has 2 N–H and O–H groups in total. The largest absolute Gasteiger partial charge is 0.466 e. The number of carbonyl (C=O) groups excluding carboxylic acids is 3. The summed E-state index contributed by atoms with van der Waals surface area (Å²) < 4.78 is 6.89. The van der Waals surface area contributed by atoms with Gasteiger partial charge in [0.1, 0.15) is 4.88 Å². The Bertz CT molecular complexity index is 1220. The normalized spacial score (nSPS) is 11.3. The first-order valence-electron chi connectivity index (χ1n) is 11.8. The Balaban J connectivity index is 1.68. The number of nitriles is 1. The molecule has 3 aromatic rings. The van der Waals surface area contributed by atoms with Gasteiger partial charge in [-0.15, -0.1) is 0 Å². The van der Waals surface area contributed by atoms with Crippen LogP contribution in [0.4, 0.5) is 9.93 Å². The molecule has 0 aliphatic heterocycles. The first kappa shape index (κ1) is 27.3. The molecule has 0 saturated carbocycles. The molecule has 11 nitrogen and oxygen atoms in total. The highest BCUT2D eigenvalue weighted by atomic mass is 32.1. The van der Waals surface area contributed by atoms with E-state index in [1.807, 2.05) is 10.8 Å². The average molecular weight is 524 g/mol. The SMILES string of the molecule is CCOC(=O)CC(C)NC(=O)N(Cc1ccc(C#N)cc1)c1ncc(C(=O)NCCCn2ccnc2)s1. The first-order chi connectivity index (χ1) is 17.9. The molecule has 3 amide bonds. The Hall–Kier alpha value is -4.24. The zero-order valence-electron chi connectivity index (χ0n) is 20.7. The molecule has 0 fully saturated rings. The minimum absolute atomic E-state index is 0.0227. The van der Waals surface area contributed by atoms with E-state index in [0.717, 1.165) is 29.9 Å². The number of esters is 1. The Morgan fingerprint density at radius 2 is 2.05 bits per heavy atom. The van der Waals surface area contributed by atoms with Crippen LogP contribution in [0.1, 0.15) is 47.5 Å². The number of urea groups is 1. The third-order valence-corrected chi connectivity index (χ3v) is 6.22. The summed E-state index contributed by atoms with van der Waals surface area (Å²) in [6, 6.07) is 7.95. The molecule has 1 aromatic carbocycles. The van der Waals surface area contributed by atoms with Gasteiger partial charge >= 0.3 is 12.0 Å². The number of nitrogens with one attached hydrogen (secondary N) is 2. The van der Waals surface area contributed by atoms with E-state index in [4.69, 9.17) is 10.00 Å². The highest BCUT2D eigenvalue weighted by molar-refractivity contribution is 7.17. The van der Waals surface area contributed by atoms with Crippen LogP contribution in [0.2, 0.25) is 0 Å². The molecule has 12 heteroatoms. The minimum atomic E-state index is -0.478. The third-order valence-electron chi connectivity index (χ3n) is 5.20. The van der Waals surface area contributed by atoms with Gasteiger partial charge in [0, 0.05) is 31.5 Å². The van der Waals surface area contributed by atoms with Gasteiger partial charge in [-0.05, 0) is 38.0 Å². The van der Waals surface area contributed by atoms with E-state index in [2.05, 4.69) is 26.7 Å². The molecule has 1 atom stereocenters. The summed E-state index contributed by atoms with van der Waals surface area (Å²) in [7, 11) is 0. The summed E-state index contributed by atoms with van der Waals surface area (Å²) in [5.74, 6) is -0.682. The molecule has 0 aliphatic rings. The number of hydrogen-bond donors (Lipinski definition) is 2. The Morgan fingerprint density at radius 1 is 1.27 bits per heavy atom. The van der Waals surface area contributed by atoms with Crippen molar-refractivity contribution in [3.63, 3.8) is 0 Å². The lowest BCUT2D eigenvalue weighted by Crippen LogP contribution is -2.44. The van der Waals surface area contributed by atoms with E-state index in [9.17, 15) is 14.4 Å². The van der Waals surface area contributed by atoms with Gasteiger partial charge in [0.2, 0.25) is 0 Å². The van der Waals surface area contributed by atoms with E-state index < -0.39 is 18.0 Å². The number of nitrogens with zero attached hydrogens (tertiary/aromatic N) is 5. The Kier molecular flexibility index (Phi) is 10.2. The van der Waals surface area contributed by atoms with Crippen molar-refractivity contribution in [2.45, 2.75) is 45.8 Å². The number of thiazole rings is 1. The maximum Gasteiger partial charge on any atom is 0.324 e. The van der Waals surface area contributed by atoms with E-state index in [-0.39, 0.29) is 25.5 Å². The topological polar surface area (TPSA) is 142 Å². The molecule has 194 valence electrons. The second-order valence-corrected chi connectivity index (χ2v) is 9.18. The lowest BCUT2D eigenvalue weighted by molar-refractivity contribution is -0.143. The van der Waals surface area contributed by atoms with Crippen LogP contribution in [-0.2, 0) is 22.6 Å². The zero-order valence-corrected chi connectivity index (χ0v) is 21.5. The molecule has 0 aliphatic carbocycles. The van der Waals surface area contributed by atoms with Gasteiger partial charge in [-0.3, -0.25) is 14.5 Å². The molecule has 2 heterocycles. The molecular formula is C25H29N7O4S. The van der Waals surface area contributed by atoms with Crippen LogP contribution >= 0.6 is 11.3 Å². The van der Waals surface area contributed by atoms with Gasteiger partial charge in [0.05, 0.1) is 43.7 Å². The van der Waals surface area contributed by atoms with Crippen molar-refractivity contribution in [1.82, 2.24) is 25.2 Å². The Labute approximate surface area is 219 Å². The smallest absolute Gasteiger partial charge is 0.324 e. The number of aryl methyl sites for hydroxylation is 1. The number of aromatic nitrogens is 3. The molecule has 0 saturated heterocycles. The van der Waals surface area contributed by atoms with Crippen molar-refractivity contribution in [2.24, 2.45) is 0 Å². The van der Waals surface area contributed by atoms with Crippen LogP contribution in [0.5, 0.6) is 0 Å². The van der Waals surface area contributed by atoms with Gasteiger partial charge in [-0.1, -0.05) is 23.5 Å². The standard InChI is InChI=1S/C25H29N7O4S/c1-3-36-22(33)13-18(2)30-24(35)32(16-20-7-5-19(14-26)6-8-20)25-29-15-21(37-25)23(34)28-9-4-11-31-12-10-27-17-31/h5-8,10,12,15,17-18H,3-4,9,11,13,16H2,1-2H3,(H,28,34)(H,30,35). The van der Waals surface area contributed by atoms with Gasteiger partial charge in [0.15, 0.2) is 5.13 Å². The van der Waals surface area contributed by atoms with Crippen molar-refractivity contribution in [1.29, 1.82) is 5.26 Å². The minimum Gasteiger partial charge on any atom is -0.466 e. The van der Waals surface area contributed by atoms with Crippen LogP contribution < -0.4 is 15.5 Å². The molecule has 0 radical (unpaired) electrons. The fourth-order valence-electron chi connectivity index (χ4n) is 3.37. The van der Waals surface area contributed by atoms with Crippen molar-refractivity contribution in [3.8, 4) is 6.07 Å². The van der Waals surface area contributed by atoms with Gasteiger partial charge in [-0.25, -0.2) is 14.8 Å². The van der Waals surface area contributed by atoms with Gasteiger partial charge < -0.3 is 19.9 Å². The summed E-state index contributed by atoms with van der Waals surface area (Å²) in [4.78, 5) is 47.7. The maximum atomic E-state index is 13.2. The van der Waals surface area contributed by atoms with Crippen LogP contribution in [0.15, 0.2) is 49.2 Å². The van der Waals surface area contributed by atoms with E-state index in [0.29, 0.717) is 22.1 Å². The molecule has 0 bridgehead atoms. The van der Waals surface area contributed by atoms with Gasteiger partial charge in [0.25, 0.3) is 5.91 Å². The number of anilines is 1. The quantitative estimate of drug-likeness (QED) is 0.274. The van der Waals surface area contributed by atoms with E-state index >= 15 is 0 Å². The van der Waals surface area contributed by atoms with Crippen molar-refractivity contribution in [2.75, 3.05) is 18.1 Å². The summed E-state index contributed by atoms with van der Waals surface area (Å²) in [6.45, 7) is 5.05. The molecule has 37 heavy (non-hydrogen) atoms. The molecule has 0 spiro atoms. The summed E-state index contributed by atoms with van der Waals surface area (Å²) in [5.41, 5.74) is 1.27. The summed E-state index contributed by atoms with van der Waals surface area (Å²) in [5, 5.41) is 15.0. The fourth-order valence-corrected chi connectivity index (χ4v) is 4.20. The third kappa shape index (κ3) is 8.43. The fraction of sp³-hybridized carbons (Fsp3) is 0.360. The number of amides is 3. The number of benzene rings is 1. The number of imidazole rings is 1. The van der Waals surface area contributed by atoms with Crippen molar-refractivity contribution < 1.29 is 19.1 Å². The molecule has 1 unspecified atom stereocenters. The van der Waals surface area contributed by atoms with Crippen LogP contribution in [0.3, 0.4) is 0 Å². The first-order valence-corrected chi connectivity index (χ1v) is 12.6. The average Bonchev–Trinajstić information content (AvgIpc) is 3.58. The second kappa shape index (κ2) is 13.7. The van der Waals surface area contributed by atoms with Gasteiger partial charge in [-0.2, -0.15) is 5.26 Å². The summed E-state index contributed by atoms with van der Waals surface area (Å²) >= 11 is 1.09.